The minimum Gasteiger partial charge on any atom is -0.372 e. The van der Waals surface area contributed by atoms with E-state index in [-0.39, 0.29) is 0 Å². The van der Waals surface area contributed by atoms with Crippen molar-refractivity contribution >= 4 is 0 Å². The van der Waals surface area contributed by atoms with Crippen molar-refractivity contribution in [2.45, 2.75) is 0 Å². The lowest BCUT2D eigenvalue weighted by Gasteiger charge is -1.87. The van der Waals surface area contributed by atoms with E-state index in [1.807, 2.05) is 6.20 Å². The zero-order valence-corrected chi connectivity index (χ0v) is 3.49. The fourth-order valence-corrected chi connectivity index (χ4v) is 0.390. The van der Waals surface area contributed by atoms with Gasteiger partial charge in [-0.1, -0.05) is 0 Å². The van der Waals surface area contributed by atoms with Gasteiger partial charge in [-0.15, -0.1) is 0 Å². The molecule has 0 spiro atoms. The summed E-state index contributed by atoms with van der Waals surface area (Å²) in [5, 5.41) is 5.89. The van der Waals surface area contributed by atoms with Crippen molar-refractivity contribution in [3.63, 3.8) is 0 Å². The highest BCUT2D eigenvalue weighted by molar-refractivity contribution is 5.05. The second-order valence-electron chi connectivity index (χ2n) is 1.23. The van der Waals surface area contributed by atoms with E-state index in [1.54, 1.807) is 0 Å². The van der Waals surface area contributed by atoms with Crippen molar-refractivity contribution in [2.75, 3.05) is 6.67 Å². The maximum Gasteiger partial charge on any atom is 0.0843 e. The van der Waals surface area contributed by atoms with Crippen LogP contribution in [0.25, 0.3) is 0 Å². The van der Waals surface area contributed by atoms with Crippen LogP contribution >= 0.6 is 0 Å². The Hall–Kier alpha value is -0.660. The zero-order chi connectivity index (χ0) is 4.41. The molecule has 0 aliphatic carbocycles. The number of allylic oxidation sites excluding steroid dienone is 1. The molecular formula is C4H7N2. The van der Waals surface area contributed by atoms with Crippen LogP contribution in [0.2, 0.25) is 0 Å². The standard InChI is InChI=1S/C4H7N2/c1-4-2-5-3-6-4/h2,5-6H,1,3H2. The zero-order valence-electron chi connectivity index (χ0n) is 3.49. The molecule has 33 valence electrons. The Balaban J connectivity index is 2.45. The van der Waals surface area contributed by atoms with Crippen molar-refractivity contribution in [3.8, 4) is 0 Å². The number of hydrogen-bond donors (Lipinski definition) is 2. The van der Waals surface area contributed by atoms with Crippen molar-refractivity contribution in [3.05, 3.63) is 18.8 Å². The molecule has 0 atom stereocenters. The molecular weight excluding hydrogens is 76.1 g/mol. The summed E-state index contributed by atoms with van der Waals surface area (Å²) in [7, 11) is 0. The van der Waals surface area contributed by atoms with E-state index in [4.69, 9.17) is 0 Å². The lowest BCUT2D eigenvalue weighted by Crippen LogP contribution is -2.12. The van der Waals surface area contributed by atoms with Crippen LogP contribution in [0.15, 0.2) is 11.9 Å². The first-order valence-electron chi connectivity index (χ1n) is 1.89. The first-order chi connectivity index (χ1) is 2.89. The SMILES string of the molecule is [CH2]C1=CNCN1. The minimum absolute atomic E-state index is 0.832. The fourth-order valence-electron chi connectivity index (χ4n) is 0.390. The summed E-state index contributed by atoms with van der Waals surface area (Å²) >= 11 is 0. The van der Waals surface area contributed by atoms with Crippen LogP contribution in [-0.4, -0.2) is 6.67 Å². The average Bonchev–Trinajstić information content (AvgIpc) is 1.86. The maximum atomic E-state index is 3.62. The molecule has 2 nitrogen and oxygen atoms in total. The predicted molar refractivity (Wildman–Crippen MR) is 24.6 cm³/mol. The third-order valence-electron chi connectivity index (χ3n) is 0.694. The van der Waals surface area contributed by atoms with Crippen LogP contribution in [0.5, 0.6) is 0 Å². The Bertz CT molecular complexity index is 75.6. The molecule has 0 fully saturated rings. The number of rotatable bonds is 0. The van der Waals surface area contributed by atoms with E-state index in [0.717, 1.165) is 12.4 Å². The van der Waals surface area contributed by atoms with Crippen molar-refractivity contribution < 1.29 is 0 Å². The third-order valence-corrected chi connectivity index (χ3v) is 0.694. The van der Waals surface area contributed by atoms with Gasteiger partial charge in [0.05, 0.1) is 6.67 Å². The Morgan fingerprint density at radius 3 is 2.83 bits per heavy atom. The van der Waals surface area contributed by atoms with Gasteiger partial charge in [0, 0.05) is 11.9 Å². The summed E-state index contributed by atoms with van der Waals surface area (Å²) in [5.41, 5.74) is 0.968. The van der Waals surface area contributed by atoms with Gasteiger partial charge in [-0.25, -0.2) is 0 Å². The lowest BCUT2D eigenvalue weighted by molar-refractivity contribution is 0.821. The molecule has 2 heteroatoms. The molecule has 1 radical (unpaired) electrons. The second kappa shape index (κ2) is 1.20. The monoisotopic (exact) mass is 83.1 g/mol. The highest BCUT2D eigenvalue weighted by atomic mass is 15.1. The normalized spacial score (nSPS) is 18.5. The van der Waals surface area contributed by atoms with Crippen molar-refractivity contribution in [1.82, 2.24) is 10.6 Å². The van der Waals surface area contributed by atoms with E-state index in [9.17, 15) is 0 Å². The summed E-state index contributed by atoms with van der Waals surface area (Å²) < 4.78 is 0. The van der Waals surface area contributed by atoms with E-state index in [2.05, 4.69) is 17.6 Å². The Labute approximate surface area is 37.2 Å². The van der Waals surface area contributed by atoms with E-state index in [0.29, 0.717) is 0 Å². The first-order valence-corrected chi connectivity index (χ1v) is 1.89. The third kappa shape index (κ3) is 0.455. The summed E-state index contributed by atoms with van der Waals surface area (Å²) in [6.45, 7) is 4.46. The molecule has 0 amide bonds. The van der Waals surface area contributed by atoms with Gasteiger partial charge in [0.25, 0.3) is 0 Å². The van der Waals surface area contributed by atoms with Crippen molar-refractivity contribution in [2.24, 2.45) is 0 Å². The molecule has 0 aromatic heterocycles. The Morgan fingerprint density at radius 2 is 2.67 bits per heavy atom. The maximum absolute atomic E-state index is 3.62. The second-order valence-corrected chi connectivity index (χ2v) is 1.23. The van der Waals surface area contributed by atoms with Gasteiger partial charge < -0.3 is 10.6 Å². The van der Waals surface area contributed by atoms with E-state index >= 15 is 0 Å². The first kappa shape index (κ1) is 3.53. The van der Waals surface area contributed by atoms with E-state index in [1.165, 1.54) is 0 Å². The fraction of sp³-hybridized carbons (Fsp3) is 0.250. The Kier molecular flexibility index (Phi) is 0.708. The van der Waals surface area contributed by atoms with Gasteiger partial charge >= 0.3 is 0 Å². The van der Waals surface area contributed by atoms with Gasteiger partial charge in [0.15, 0.2) is 0 Å². The van der Waals surface area contributed by atoms with Crippen molar-refractivity contribution in [1.29, 1.82) is 0 Å². The van der Waals surface area contributed by atoms with Gasteiger partial charge in [-0.05, 0) is 6.92 Å². The molecule has 1 aliphatic rings. The summed E-state index contributed by atoms with van der Waals surface area (Å²) in [6.07, 6.45) is 1.85. The van der Waals surface area contributed by atoms with Gasteiger partial charge in [0.1, 0.15) is 0 Å². The van der Waals surface area contributed by atoms with Crippen LogP contribution in [-0.2, 0) is 0 Å². The lowest BCUT2D eigenvalue weighted by atomic mass is 10.6. The molecule has 0 bridgehead atoms. The highest BCUT2D eigenvalue weighted by Gasteiger charge is 1.90. The van der Waals surface area contributed by atoms with Crippen LogP contribution in [0.1, 0.15) is 0 Å². The number of hydrogen-bond acceptors (Lipinski definition) is 2. The number of nitrogens with one attached hydrogen (secondary N) is 2. The van der Waals surface area contributed by atoms with Gasteiger partial charge in [-0.3, -0.25) is 0 Å². The van der Waals surface area contributed by atoms with Gasteiger partial charge in [-0.2, -0.15) is 0 Å². The highest BCUT2D eigenvalue weighted by Crippen LogP contribution is 1.84. The summed E-state index contributed by atoms with van der Waals surface area (Å²) in [6, 6.07) is 0. The molecule has 0 saturated carbocycles. The van der Waals surface area contributed by atoms with Crippen LogP contribution in [0, 0.1) is 6.92 Å². The summed E-state index contributed by atoms with van der Waals surface area (Å²) in [4.78, 5) is 0. The molecule has 1 heterocycles. The van der Waals surface area contributed by atoms with Crippen LogP contribution < -0.4 is 10.6 Å². The van der Waals surface area contributed by atoms with E-state index < -0.39 is 0 Å². The molecule has 0 aromatic rings. The Morgan fingerprint density at radius 1 is 1.83 bits per heavy atom. The quantitative estimate of drug-likeness (QED) is 0.424. The van der Waals surface area contributed by atoms with Crippen LogP contribution in [0.4, 0.5) is 0 Å². The summed E-state index contributed by atoms with van der Waals surface area (Å²) in [5.74, 6) is 0. The molecule has 0 saturated heterocycles. The molecule has 0 unspecified atom stereocenters. The molecule has 1 aliphatic heterocycles. The predicted octanol–water partition coefficient (Wildman–Crippen LogP) is -0.188. The molecule has 0 aromatic carbocycles. The molecule has 2 N–H and O–H groups in total. The largest absolute Gasteiger partial charge is 0.372 e. The van der Waals surface area contributed by atoms with Gasteiger partial charge in [0.2, 0.25) is 0 Å². The average molecular weight is 83.1 g/mol. The topological polar surface area (TPSA) is 24.1 Å². The smallest absolute Gasteiger partial charge is 0.0843 e. The van der Waals surface area contributed by atoms with Crippen LogP contribution in [0.3, 0.4) is 0 Å². The molecule has 1 rings (SSSR count). The molecule has 6 heavy (non-hydrogen) atoms. The minimum atomic E-state index is 0.832.